The van der Waals surface area contributed by atoms with Crippen LogP contribution in [0.15, 0.2) is 91.0 Å². The molecule has 0 radical (unpaired) electrons. The van der Waals surface area contributed by atoms with Gasteiger partial charge in [-0.1, -0.05) is 72.3 Å². The number of pyridine rings is 1. The van der Waals surface area contributed by atoms with Gasteiger partial charge in [-0.25, -0.2) is 9.37 Å². The smallest absolute Gasteiger partial charge is 0.305 e. The molecule has 1 heterocycles. The second-order valence-corrected chi connectivity index (χ2v) is 8.06. The van der Waals surface area contributed by atoms with E-state index in [0.717, 1.165) is 11.1 Å². The highest BCUT2D eigenvalue weighted by Crippen LogP contribution is 2.25. The first-order valence-electron chi connectivity index (χ1n) is 10.5. The molecule has 2 N–H and O–H groups in total. The van der Waals surface area contributed by atoms with Gasteiger partial charge >= 0.3 is 5.97 Å². The molecule has 1 aromatic heterocycles. The van der Waals surface area contributed by atoms with E-state index in [2.05, 4.69) is 10.3 Å². The highest BCUT2D eigenvalue weighted by atomic mass is 35.5. The van der Waals surface area contributed by atoms with Gasteiger partial charge in [0.15, 0.2) is 0 Å². The number of nitrogens with zero attached hydrogens (tertiary/aromatic N) is 1. The minimum Gasteiger partial charge on any atom is -0.481 e. The summed E-state index contributed by atoms with van der Waals surface area (Å²) in [6.07, 6.45) is -0.288. The number of carboxylic acids is 1. The zero-order valence-corrected chi connectivity index (χ0v) is 18.7. The van der Waals surface area contributed by atoms with Crippen LogP contribution in [0.3, 0.4) is 0 Å². The lowest BCUT2D eigenvalue weighted by molar-refractivity contribution is -0.137. The average molecular weight is 475 g/mol. The second kappa shape index (κ2) is 10.3. The first-order valence-corrected chi connectivity index (χ1v) is 10.9. The van der Waals surface area contributed by atoms with E-state index in [1.165, 1.54) is 24.3 Å². The molecule has 5 nitrogen and oxygen atoms in total. The Kier molecular flexibility index (Phi) is 6.99. The Bertz CT molecular complexity index is 1330. The minimum absolute atomic E-state index is 0.0466. The van der Waals surface area contributed by atoms with Gasteiger partial charge in [0.25, 0.3) is 5.91 Å². The van der Waals surface area contributed by atoms with Crippen LogP contribution in [0.4, 0.5) is 4.39 Å². The minimum atomic E-state index is -1.04. The summed E-state index contributed by atoms with van der Waals surface area (Å²) in [5, 5.41) is 12.1. The lowest BCUT2D eigenvalue weighted by Gasteiger charge is -2.18. The maximum Gasteiger partial charge on any atom is 0.305 e. The molecule has 1 unspecified atom stereocenters. The van der Waals surface area contributed by atoms with Gasteiger partial charge in [-0.3, -0.25) is 9.59 Å². The first-order chi connectivity index (χ1) is 16.4. The zero-order chi connectivity index (χ0) is 24.1. The molecule has 0 aliphatic rings. The van der Waals surface area contributed by atoms with E-state index in [1.807, 2.05) is 42.5 Å². The maximum absolute atomic E-state index is 13.5. The molecule has 0 aliphatic heterocycles. The number of aromatic nitrogens is 1. The van der Waals surface area contributed by atoms with E-state index in [0.29, 0.717) is 16.8 Å². The molecule has 3 aromatic carbocycles. The van der Waals surface area contributed by atoms with Gasteiger partial charge in [-0.15, -0.1) is 0 Å². The number of nitrogens with one attached hydrogen (secondary N) is 1. The van der Waals surface area contributed by atoms with Gasteiger partial charge in [0.2, 0.25) is 0 Å². The van der Waals surface area contributed by atoms with E-state index in [1.54, 1.807) is 24.3 Å². The fourth-order valence-corrected chi connectivity index (χ4v) is 3.76. The SMILES string of the molecule is O=C(O)CC(NC(=O)c1cccc(-c2ccc(F)c(Cl)c2)n1)c1ccc(-c2ccccc2)cc1. The molecule has 170 valence electrons. The van der Waals surface area contributed by atoms with Crippen LogP contribution < -0.4 is 5.32 Å². The molecular weight excluding hydrogens is 455 g/mol. The Labute approximate surface area is 200 Å². The third-order valence-corrected chi connectivity index (χ3v) is 5.59. The Morgan fingerprint density at radius 1 is 0.882 bits per heavy atom. The molecule has 7 heteroatoms. The summed E-state index contributed by atoms with van der Waals surface area (Å²) in [4.78, 5) is 28.8. The van der Waals surface area contributed by atoms with Crippen molar-refractivity contribution in [3.05, 3.63) is 113 Å². The molecule has 0 saturated carbocycles. The normalized spacial score (nSPS) is 11.6. The third-order valence-electron chi connectivity index (χ3n) is 5.30. The summed E-state index contributed by atoms with van der Waals surface area (Å²) in [5.41, 5.74) is 3.79. The number of halogens is 2. The highest BCUT2D eigenvalue weighted by Gasteiger charge is 2.20. The quantitative estimate of drug-likeness (QED) is 0.336. The van der Waals surface area contributed by atoms with Crippen LogP contribution in [0, 0.1) is 5.82 Å². The lowest BCUT2D eigenvalue weighted by atomic mass is 9.99. The fourth-order valence-electron chi connectivity index (χ4n) is 3.57. The van der Waals surface area contributed by atoms with Crippen molar-refractivity contribution in [1.29, 1.82) is 0 Å². The third kappa shape index (κ3) is 5.47. The molecule has 4 rings (SSSR count). The molecule has 0 saturated heterocycles. The number of carbonyl (C=O) groups is 2. The van der Waals surface area contributed by atoms with Crippen LogP contribution in [-0.2, 0) is 4.79 Å². The van der Waals surface area contributed by atoms with Crippen LogP contribution in [-0.4, -0.2) is 22.0 Å². The standard InChI is InChI=1S/C27H20ClFN2O3/c28-21-15-20(13-14-22(21)29)23-7-4-8-24(30-23)27(34)31-25(16-26(32)33)19-11-9-18(10-12-19)17-5-2-1-3-6-17/h1-15,25H,16H2,(H,31,34)(H,32,33). The van der Waals surface area contributed by atoms with E-state index in [-0.39, 0.29) is 17.1 Å². The number of carboxylic acid groups (broad SMARTS) is 1. The van der Waals surface area contributed by atoms with Crippen molar-refractivity contribution < 1.29 is 19.1 Å². The first kappa shape index (κ1) is 23.1. The van der Waals surface area contributed by atoms with Crippen molar-refractivity contribution in [1.82, 2.24) is 10.3 Å². The van der Waals surface area contributed by atoms with Crippen LogP contribution in [0.1, 0.15) is 28.5 Å². The van der Waals surface area contributed by atoms with Crippen molar-refractivity contribution in [2.45, 2.75) is 12.5 Å². The zero-order valence-electron chi connectivity index (χ0n) is 17.9. The van der Waals surface area contributed by atoms with Crippen LogP contribution in [0.5, 0.6) is 0 Å². The van der Waals surface area contributed by atoms with Gasteiger partial charge in [0, 0.05) is 5.56 Å². The summed E-state index contributed by atoms with van der Waals surface area (Å²) in [6, 6.07) is 25.5. The maximum atomic E-state index is 13.5. The number of hydrogen-bond acceptors (Lipinski definition) is 3. The van der Waals surface area contributed by atoms with Gasteiger partial charge < -0.3 is 10.4 Å². The topological polar surface area (TPSA) is 79.3 Å². The molecule has 0 spiro atoms. The van der Waals surface area contributed by atoms with Crippen LogP contribution in [0.2, 0.25) is 5.02 Å². The molecule has 0 aliphatic carbocycles. The number of aliphatic carboxylic acids is 1. The van der Waals surface area contributed by atoms with Gasteiger partial charge in [-0.05, 0) is 47.0 Å². The molecule has 4 aromatic rings. The molecule has 0 fully saturated rings. The van der Waals surface area contributed by atoms with Crippen molar-refractivity contribution in [2.24, 2.45) is 0 Å². The van der Waals surface area contributed by atoms with Crippen molar-refractivity contribution in [3.8, 4) is 22.4 Å². The Morgan fingerprint density at radius 3 is 2.24 bits per heavy atom. The van der Waals surface area contributed by atoms with E-state index in [9.17, 15) is 19.1 Å². The van der Waals surface area contributed by atoms with E-state index in [4.69, 9.17) is 11.6 Å². The predicted octanol–water partition coefficient (Wildman–Crippen LogP) is 6.15. The number of amides is 1. The highest BCUT2D eigenvalue weighted by molar-refractivity contribution is 6.31. The molecular formula is C27H20ClFN2O3. The molecule has 34 heavy (non-hydrogen) atoms. The van der Waals surface area contributed by atoms with Gasteiger partial charge in [0.1, 0.15) is 11.5 Å². The summed E-state index contributed by atoms with van der Waals surface area (Å²) in [5.74, 6) is -2.11. The average Bonchev–Trinajstić information content (AvgIpc) is 2.86. The van der Waals surface area contributed by atoms with E-state index >= 15 is 0 Å². The largest absolute Gasteiger partial charge is 0.481 e. The molecule has 0 bridgehead atoms. The second-order valence-electron chi connectivity index (χ2n) is 7.65. The van der Waals surface area contributed by atoms with Crippen LogP contribution in [0.25, 0.3) is 22.4 Å². The van der Waals surface area contributed by atoms with Crippen molar-refractivity contribution in [3.63, 3.8) is 0 Å². The number of rotatable bonds is 7. The fraction of sp³-hybridized carbons (Fsp3) is 0.0741. The summed E-state index contributed by atoms with van der Waals surface area (Å²) < 4.78 is 13.5. The number of benzene rings is 3. The Morgan fingerprint density at radius 2 is 1.56 bits per heavy atom. The Hall–Kier alpha value is -4.03. The molecule has 1 atom stereocenters. The summed E-state index contributed by atoms with van der Waals surface area (Å²) >= 11 is 5.86. The van der Waals surface area contributed by atoms with Gasteiger partial charge in [0.05, 0.1) is 23.2 Å². The van der Waals surface area contributed by atoms with Crippen molar-refractivity contribution in [2.75, 3.05) is 0 Å². The van der Waals surface area contributed by atoms with Gasteiger partial charge in [-0.2, -0.15) is 0 Å². The Balaban J connectivity index is 1.56. The van der Waals surface area contributed by atoms with Crippen LogP contribution >= 0.6 is 11.6 Å². The van der Waals surface area contributed by atoms with Crippen molar-refractivity contribution >= 4 is 23.5 Å². The molecule has 1 amide bonds. The number of hydrogen-bond donors (Lipinski definition) is 2. The summed E-state index contributed by atoms with van der Waals surface area (Å²) in [6.45, 7) is 0. The lowest BCUT2D eigenvalue weighted by Crippen LogP contribution is -2.30. The monoisotopic (exact) mass is 474 g/mol. The van der Waals surface area contributed by atoms with E-state index < -0.39 is 23.7 Å². The number of carbonyl (C=O) groups excluding carboxylic acids is 1. The summed E-state index contributed by atoms with van der Waals surface area (Å²) in [7, 11) is 0. The predicted molar refractivity (Wildman–Crippen MR) is 129 cm³/mol.